The highest BCUT2D eigenvalue weighted by Crippen LogP contribution is 2.50. The molecule has 1 nitrogen and oxygen atoms in total. The fraction of sp³-hybridized carbons (Fsp3) is 0.818. The number of halogens is 2. The van der Waals surface area contributed by atoms with Crippen LogP contribution < -0.4 is 5.32 Å². The van der Waals surface area contributed by atoms with Crippen LogP contribution in [0, 0.1) is 5.92 Å². The summed E-state index contributed by atoms with van der Waals surface area (Å²) in [7, 11) is 0. The minimum atomic E-state index is -2.36. The number of hydrogen-bond acceptors (Lipinski definition) is 1. The molecule has 0 aromatic carbocycles. The Hall–Kier alpha value is -0.440. The zero-order chi connectivity index (χ0) is 10.2. The van der Waals surface area contributed by atoms with Gasteiger partial charge in [0.15, 0.2) is 0 Å². The van der Waals surface area contributed by atoms with E-state index in [1.54, 1.807) is 0 Å². The van der Waals surface area contributed by atoms with Crippen molar-refractivity contribution in [3.63, 3.8) is 0 Å². The fourth-order valence-electron chi connectivity index (χ4n) is 2.07. The van der Waals surface area contributed by atoms with Crippen molar-refractivity contribution in [2.24, 2.45) is 5.92 Å². The van der Waals surface area contributed by atoms with Gasteiger partial charge < -0.3 is 5.32 Å². The molecule has 0 spiro atoms. The summed E-state index contributed by atoms with van der Waals surface area (Å²) >= 11 is 0. The summed E-state index contributed by atoms with van der Waals surface area (Å²) in [5.74, 6) is -2.74. The molecule has 3 heteroatoms. The Morgan fingerprint density at radius 1 is 1.57 bits per heavy atom. The average Bonchev–Trinajstić information content (AvgIpc) is 2.58. The second kappa shape index (κ2) is 3.61. The first-order valence-corrected chi connectivity index (χ1v) is 5.37. The zero-order valence-corrected chi connectivity index (χ0v) is 8.52. The molecule has 2 atom stereocenters. The van der Waals surface area contributed by atoms with Crippen LogP contribution in [0.5, 0.6) is 0 Å². The lowest BCUT2D eigenvalue weighted by Crippen LogP contribution is -2.22. The Morgan fingerprint density at radius 2 is 2.29 bits per heavy atom. The maximum Gasteiger partial charge on any atom is 0.251 e. The van der Waals surface area contributed by atoms with Gasteiger partial charge in [-0.15, -0.1) is 0 Å². The molecule has 80 valence electrons. The third kappa shape index (κ3) is 2.14. The minimum absolute atomic E-state index is 0.0921. The molecule has 1 saturated carbocycles. The molecule has 2 aliphatic rings. The smallest absolute Gasteiger partial charge is 0.251 e. The quantitative estimate of drug-likeness (QED) is 0.692. The van der Waals surface area contributed by atoms with Crippen LogP contribution in [-0.2, 0) is 0 Å². The van der Waals surface area contributed by atoms with Crippen LogP contribution in [0.4, 0.5) is 8.78 Å². The highest BCUT2D eigenvalue weighted by molar-refractivity contribution is 5.12. The molecule has 0 aromatic heterocycles. The van der Waals surface area contributed by atoms with Crippen LogP contribution in [0.2, 0.25) is 0 Å². The van der Waals surface area contributed by atoms with Crippen molar-refractivity contribution in [3.05, 3.63) is 11.6 Å². The zero-order valence-electron chi connectivity index (χ0n) is 8.52. The van der Waals surface area contributed by atoms with Crippen molar-refractivity contribution >= 4 is 0 Å². The minimum Gasteiger partial charge on any atom is -0.310 e. The van der Waals surface area contributed by atoms with Gasteiger partial charge in [-0.05, 0) is 32.7 Å². The predicted molar refractivity (Wildman–Crippen MR) is 52.5 cm³/mol. The topological polar surface area (TPSA) is 12.0 Å². The van der Waals surface area contributed by atoms with Crippen molar-refractivity contribution in [1.29, 1.82) is 0 Å². The molecule has 2 rings (SSSR count). The molecule has 0 bridgehead atoms. The summed E-state index contributed by atoms with van der Waals surface area (Å²) in [4.78, 5) is 0. The van der Waals surface area contributed by atoms with Crippen molar-refractivity contribution in [2.75, 3.05) is 6.54 Å². The van der Waals surface area contributed by atoms with E-state index in [-0.39, 0.29) is 12.3 Å². The van der Waals surface area contributed by atoms with Crippen LogP contribution in [0.25, 0.3) is 0 Å². The molecule has 1 aliphatic carbocycles. The number of hydrogen-bond donors (Lipinski definition) is 1. The molecule has 1 aliphatic heterocycles. The van der Waals surface area contributed by atoms with Crippen molar-refractivity contribution < 1.29 is 8.78 Å². The highest BCUT2D eigenvalue weighted by atomic mass is 19.3. The van der Waals surface area contributed by atoms with E-state index in [1.165, 1.54) is 12.0 Å². The molecule has 1 saturated heterocycles. The fourth-order valence-corrected chi connectivity index (χ4v) is 2.07. The van der Waals surface area contributed by atoms with E-state index < -0.39 is 5.92 Å². The monoisotopic (exact) mass is 201 g/mol. The Morgan fingerprint density at radius 3 is 2.79 bits per heavy atom. The van der Waals surface area contributed by atoms with Gasteiger partial charge in [0.05, 0.1) is 0 Å². The number of alkyl halides is 2. The van der Waals surface area contributed by atoms with E-state index in [0.717, 1.165) is 13.0 Å². The van der Waals surface area contributed by atoms with Gasteiger partial charge in [-0.3, -0.25) is 0 Å². The van der Waals surface area contributed by atoms with Gasteiger partial charge >= 0.3 is 0 Å². The summed E-state index contributed by atoms with van der Waals surface area (Å²) < 4.78 is 25.2. The van der Waals surface area contributed by atoms with Gasteiger partial charge in [0.25, 0.3) is 5.92 Å². The van der Waals surface area contributed by atoms with Gasteiger partial charge in [-0.25, -0.2) is 8.78 Å². The molecule has 14 heavy (non-hydrogen) atoms. The summed E-state index contributed by atoms with van der Waals surface area (Å²) in [6.45, 7) is 3.11. The maximum atomic E-state index is 12.6. The standard InChI is InChI=1S/C11H17F2N/c1-8(10-3-2-6-14-10)4-5-9-7-11(9,12)13/h4,9-10,14H,2-3,5-7H2,1H3/b8-4+. The third-order valence-electron chi connectivity index (χ3n) is 3.29. The van der Waals surface area contributed by atoms with Gasteiger partial charge in [0, 0.05) is 18.4 Å². The van der Waals surface area contributed by atoms with E-state index in [0.29, 0.717) is 12.5 Å². The number of allylic oxidation sites excluding steroid dienone is 1. The Balaban J connectivity index is 1.79. The second-order valence-corrected chi connectivity index (χ2v) is 4.49. The first-order chi connectivity index (χ1) is 6.59. The largest absolute Gasteiger partial charge is 0.310 e. The maximum absolute atomic E-state index is 12.6. The van der Waals surface area contributed by atoms with Gasteiger partial charge in [-0.2, -0.15) is 0 Å². The van der Waals surface area contributed by atoms with E-state index in [1.807, 2.05) is 13.0 Å². The second-order valence-electron chi connectivity index (χ2n) is 4.49. The van der Waals surface area contributed by atoms with Gasteiger partial charge in [-0.1, -0.05) is 11.6 Å². The molecule has 1 heterocycles. The lowest BCUT2D eigenvalue weighted by Gasteiger charge is -2.10. The normalized spacial score (nSPS) is 36.1. The third-order valence-corrected chi connectivity index (χ3v) is 3.29. The Kier molecular flexibility index (Phi) is 2.60. The molecule has 0 aromatic rings. The highest BCUT2D eigenvalue weighted by Gasteiger charge is 2.55. The van der Waals surface area contributed by atoms with Crippen LogP contribution in [0.3, 0.4) is 0 Å². The lowest BCUT2D eigenvalue weighted by molar-refractivity contribution is 0.0994. The SMILES string of the molecule is C/C(=C\CC1CC1(F)F)C1CCCN1. The predicted octanol–water partition coefficient (Wildman–Crippen LogP) is 2.73. The van der Waals surface area contributed by atoms with Gasteiger partial charge in [0.1, 0.15) is 0 Å². The van der Waals surface area contributed by atoms with Crippen molar-refractivity contribution in [1.82, 2.24) is 5.32 Å². The van der Waals surface area contributed by atoms with Crippen LogP contribution in [-0.4, -0.2) is 18.5 Å². The summed E-state index contributed by atoms with van der Waals surface area (Å²) in [6.07, 6.45) is 5.00. The molecule has 2 fully saturated rings. The van der Waals surface area contributed by atoms with Crippen LogP contribution in [0.1, 0.15) is 32.6 Å². The lowest BCUT2D eigenvalue weighted by atomic mass is 10.1. The van der Waals surface area contributed by atoms with E-state index >= 15 is 0 Å². The van der Waals surface area contributed by atoms with E-state index in [2.05, 4.69) is 5.32 Å². The molecular formula is C11H17F2N. The Labute approximate surface area is 83.6 Å². The molecule has 2 unspecified atom stereocenters. The number of rotatable bonds is 3. The summed E-state index contributed by atoms with van der Waals surface area (Å²) in [6, 6.07) is 0.447. The summed E-state index contributed by atoms with van der Waals surface area (Å²) in [5, 5.41) is 3.37. The molecule has 0 amide bonds. The first kappa shape index (κ1) is 10.1. The average molecular weight is 201 g/mol. The number of nitrogens with one attached hydrogen (secondary N) is 1. The molecule has 1 N–H and O–H groups in total. The Bertz CT molecular complexity index is 242. The van der Waals surface area contributed by atoms with Crippen LogP contribution in [0.15, 0.2) is 11.6 Å². The van der Waals surface area contributed by atoms with E-state index in [4.69, 9.17) is 0 Å². The molecular weight excluding hydrogens is 184 g/mol. The van der Waals surface area contributed by atoms with Crippen LogP contribution >= 0.6 is 0 Å². The van der Waals surface area contributed by atoms with Crippen molar-refractivity contribution in [2.45, 2.75) is 44.6 Å². The van der Waals surface area contributed by atoms with E-state index in [9.17, 15) is 8.78 Å². The first-order valence-electron chi connectivity index (χ1n) is 5.37. The van der Waals surface area contributed by atoms with Gasteiger partial charge in [0.2, 0.25) is 0 Å². The molecule has 0 radical (unpaired) electrons. The summed E-state index contributed by atoms with van der Waals surface area (Å²) in [5.41, 5.74) is 1.24. The van der Waals surface area contributed by atoms with Crippen molar-refractivity contribution in [3.8, 4) is 0 Å².